The van der Waals surface area contributed by atoms with Crippen LogP contribution in [0.5, 0.6) is 0 Å². The molecule has 0 amide bonds. The molecule has 1 unspecified atom stereocenters. The van der Waals surface area contributed by atoms with E-state index in [1.165, 1.54) is 4.57 Å². The molecule has 0 spiro atoms. The van der Waals surface area contributed by atoms with Crippen molar-refractivity contribution in [1.29, 1.82) is 5.26 Å². The van der Waals surface area contributed by atoms with Crippen molar-refractivity contribution in [1.82, 2.24) is 14.5 Å². The Bertz CT molecular complexity index is 1360. The van der Waals surface area contributed by atoms with E-state index in [9.17, 15) is 14.9 Å². The van der Waals surface area contributed by atoms with E-state index < -0.39 is 11.2 Å². The zero-order valence-electron chi connectivity index (χ0n) is 17.4. The number of nitrogens with zero attached hydrogens (tertiary/aromatic N) is 4. The lowest BCUT2D eigenvalue weighted by molar-refractivity contribution is -0.139. The Hall–Kier alpha value is -3.90. The highest BCUT2D eigenvalue weighted by molar-refractivity contribution is 8.10. The molecule has 4 rings (SSSR count). The number of fused-ring (bicyclic) bond motifs is 1. The summed E-state index contributed by atoms with van der Waals surface area (Å²) in [5, 5.41) is 9.70. The number of carbonyl (C=O) groups is 2. The lowest BCUT2D eigenvalue weighted by Gasteiger charge is -2.23. The molecule has 0 bridgehead atoms. The van der Waals surface area contributed by atoms with Crippen LogP contribution in [0.1, 0.15) is 40.7 Å². The van der Waals surface area contributed by atoms with E-state index in [-0.39, 0.29) is 33.6 Å². The average molecular weight is 446 g/mol. The molecule has 1 aliphatic rings. The van der Waals surface area contributed by atoms with E-state index in [0.717, 1.165) is 11.8 Å². The first kappa shape index (κ1) is 21.3. The lowest BCUT2D eigenvalue weighted by atomic mass is 10.2. The fourth-order valence-corrected chi connectivity index (χ4v) is 4.61. The Balaban J connectivity index is 2.07. The van der Waals surface area contributed by atoms with Crippen molar-refractivity contribution in [2.45, 2.75) is 25.2 Å². The molecule has 3 aromatic rings. The van der Waals surface area contributed by atoms with Gasteiger partial charge in [-0.3, -0.25) is 19.3 Å². The molecule has 1 atom stereocenters. The molecule has 3 aromatic heterocycles. The third-order valence-electron chi connectivity index (χ3n) is 4.76. The van der Waals surface area contributed by atoms with E-state index in [2.05, 4.69) is 9.97 Å². The van der Waals surface area contributed by atoms with Gasteiger partial charge in [0.25, 0.3) is 0 Å². The summed E-state index contributed by atoms with van der Waals surface area (Å²) in [5.74, 6) is -0.969. The first-order chi connectivity index (χ1) is 15.4. The third-order valence-corrected chi connectivity index (χ3v) is 6.06. The van der Waals surface area contributed by atoms with Gasteiger partial charge in [0.05, 0.1) is 17.1 Å². The van der Waals surface area contributed by atoms with Crippen LogP contribution < -0.4 is 16.3 Å². The number of ether oxygens (including phenoxy) is 1. The van der Waals surface area contributed by atoms with Crippen LogP contribution in [0.3, 0.4) is 0 Å². The van der Waals surface area contributed by atoms with Crippen LogP contribution in [-0.2, 0) is 9.53 Å². The van der Waals surface area contributed by atoms with Gasteiger partial charge in [0.1, 0.15) is 16.2 Å². The van der Waals surface area contributed by atoms with Crippen molar-refractivity contribution < 1.29 is 14.3 Å². The minimum Gasteiger partial charge on any atom is -0.459 e. The quantitative estimate of drug-likeness (QED) is 0.603. The van der Waals surface area contributed by atoms with Gasteiger partial charge in [-0.2, -0.15) is 5.26 Å². The molecule has 0 radical (unpaired) electrons. The second-order valence-corrected chi connectivity index (χ2v) is 8.42. The summed E-state index contributed by atoms with van der Waals surface area (Å²) in [5.41, 5.74) is 7.72. The number of aromatic nitrogens is 3. The molecular weight excluding hydrogens is 426 g/mol. The Morgan fingerprint density at radius 1 is 1.28 bits per heavy atom. The zero-order valence-corrected chi connectivity index (χ0v) is 18.2. The van der Waals surface area contributed by atoms with Crippen LogP contribution in [0.15, 0.2) is 49.1 Å². The van der Waals surface area contributed by atoms with Crippen molar-refractivity contribution in [3.8, 4) is 6.07 Å². The number of rotatable bonds is 4. The second-order valence-electron chi connectivity index (χ2n) is 7.31. The summed E-state index contributed by atoms with van der Waals surface area (Å²) in [6.07, 6.45) is 7.75. The van der Waals surface area contributed by atoms with E-state index in [4.69, 9.17) is 10.5 Å². The van der Waals surface area contributed by atoms with Crippen molar-refractivity contribution in [2.24, 2.45) is 0 Å². The molecule has 0 aromatic carbocycles. The minimum atomic E-state index is -0.781. The van der Waals surface area contributed by atoms with Gasteiger partial charge >= 0.3 is 5.97 Å². The molecule has 0 saturated carbocycles. The maximum absolute atomic E-state index is 13.5. The summed E-state index contributed by atoms with van der Waals surface area (Å²) >= 11 is 1.07. The molecule has 2 N–H and O–H groups in total. The maximum Gasteiger partial charge on any atom is 0.347 e. The number of pyridine rings is 2. The van der Waals surface area contributed by atoms with Crippen LogP contribution in [0.25, 0.3) is 11.0 Å². The fourth-order valence-electron chi connectivity index (χ4n) is 3.43. The SMILES string of the molecule is CC(C)OC(=O)C1=c2c(=Cc3cccnc3)c(N)c(C#N)n2C(=O)C(c2cccnc2)S1. The number of hydrogen-bond donors (Lipinski definition) is 1. The Morgan fingerprint density at radius 3 is 2.59 bits per heavy atom. The minimum absolute atomic E-state index is 0.0239. The lowest BCUT2D eigenvalue weighted by Crippen LogP contribution is -2.42. The Labute approximate surface area is 188 Å². The van der Waals surface area contributed by atoms with Gasteiger partial charge < -0.3 is 10.5 Å². The predicted octanol–water partition coefficient (Wildman–Crippen LogP) is 1.75. The summed E-state index contributed by atoms with van der Waals surface area (Å²) < 4.78 is 6.69. The molecule has 32 heavy (non-hydrogen) atoms. The number of nitrogens with two attached hydrogens (primary N) is 1. The molecule has 0 saturated heterocycles. The third kappa shape index (κ3) is 3.76. The van der Waals surface area contributed by atoms with E-state index >= 15 is 0 Å². The Morgan fingerprint density at radius 2 is 2.00 bits per heavy atom. The van der Waals surface area contributed by atoms with Crippen LogP contribution >= 0.6 is 11.8 Å². The normalized spacial score (nSPS) is 16.1. The largest absolute Gasteiger partial charge is 0.459 e. The van der Waals surface area contributed by atoms with Crippen molar-refractivity contribution in [3.63, 3.8) is 0 Å². The smallest absolute Gasteiger partial charge is 0.347 e. The molecule has 0 aliphatic carbocycles. The number of anilines is 1. The van der Waals surface area contributed by atoms with Crippen molar-refractivity contribution in [2.75, 3.05) is 5.73 Å². The standard InChI is InChI=1S/C23H19N5O3S/c1-13(2)31-23(30)21-19-16(9-14-5-3-7-26-11-14)18(25)17(10-24)28(19)22(29)20(32-21)15-6-4-8-27-12-15/h3-9,11-13,20H,25H2,1-2H3. The van der Waals surface area contributed by atoms with Gasteiger partial charge in [0.15, 0.2) is 5.69 Å². The van der Waals surface area contributed by atoms with Gasteiger partial charge in [-0.1, -0.05) is 23.9 Å². The number of carbonyl (C=O) groups excluding carboxylic acids is 2. The average Bonchev–Trinajstić information content (AvgIpc) is 3.07. The molecule has 9 heteroatoms. The first-order valence-electron chi connectivity index (χ1n) is 9.80. The van der Waals surface area contributed by atoms with E-state index in [1.807, 2.05) is 12.1 Å². The van der Waals surface area contributed by atoms with Crippen molar-refractivity contribution in [3.05, 3.63) is 76.4 Å². The highest BCUT2D eigenvalue weighted by Gasteiger charge is 2.37. The number of nitrogen functional groups attached to an aromatic ring is 1. The summed E-state index contributed by atoms with van der Waals surface area (Å²) in [7, 11) is 0. The monoisotopic (exact) mass is 445 g/mol. The van der Waals surface area contributed by atoms with Crippen molar-refractivity contribution >= 4 is 40.3 Å². The van der Waals surface area contributed by atoms with Gasteiger partial charge in [-0.05, 0) is 43.2 Å². The number of thioether (sulfide) groups is 1. The molecular formula is C23H19N5O3S. The molecule has 0 fully saturated rings. The zero-order chi connectivity index (χ0) is 22.8. The highest BCUT2D eigenvalue weighted by atomic mass is 32.2. The molecule has 1 aliphatic heterocycles. The van der Waals surface area contributed by atoms with Gasteiger partial charge in [-0.15, -0.1) is 0 Å². The summed E-state index contributed by atoms with van der Waals surface area (Å²) in [6, 6.07) is 9.05. The number of nitriles is 1. The molecule has 8 nitrogen and oxygen atoms in total. The first-order valence-corrected chi connectivity index (χ1v) is 10.7. The van der Waals surface area contributed by atoms with Crippen LogP contribution in [0, 0.1) is 11.3 Å². The second kappa shape index (κ2) is 8.69. The van der Waals surface area contributed by atoms with Crippen LogP contribution in [0.4, 0.5) is 5.69 Å². The number of esters is 1. The van der Waals surface area contributed by atoms with Gasteiger partial charge in [0, 0.05) is 30.0 Å². The van der Waals surface area contributed by atoms with E-state index in [0.29, 0.717) is 16.3 Å². The topological polar surface area (TPSA) is 124 Å². The highest BCUT2D eigenvalue weighted by Crippen LogP contribution is 2.39. The fraction of sp³-hybridized carbons (Fsp3) is 0.174. The molecule has 160 valence electrons. The maximum atomic E-state index is 13.5. The van der Waals surface area contributed by atoms with E-state index in [1.54, 1.807) is 62.9 Å². The molecule has 4 heterocycles. The number of hydrogen-bond acceptors (Lipinski definition) is 8. The van der Waals surface area contributed by atoms with Gasteiger partial charge in [0.2, 0.25) is 5.91 Å². The summed E-state index contributed by atoms with van der Waals surface area (Å²) in [6.45, 7) is 3.49. The Kier molecular flexibility index (Phi) is 5.79. The summed E-state index contributed by atoms with van der Waals surface area (Å²) in [4.78, 5) is 35.0. The van der Waals surface area contributed by atoms with Crippen LogP contribution in [-0.4, -0.2) is 32.5 Å². The van der Waals surface area contributed by atoms with Crippen LogP contribution in [0.2, 0.25) is 0 Å². The van der Waals surface area contributed by atoms with Gasteiger partial charge in [-0.25, -0.2) is 4.79 Å². The predicted molar refractivity (Wildman–Crippen MR) is 120 cm³/mol.